The lowest BCUT2D eigenvalue weighted by Gasteiger charge is -2.34. The fourth-order valence-electron chi connectivity index (χ4n) is 1.41. The lowest BCUT2D eigenvalue weighted by Crippen LogP contribution is -2.37. The molecule has 5 heteroatoms. The van der Waals surface area contributed by atoms with Gasteiger partial charge < -0.3 is 0 Å². The van der Waals surface area contributed by atoms with Crippen molar-refractivity contribution in [3.05, 3.63) is 0 Å². The highest BCUT2D eigenvalue weighted by Crippen LogP contribution is 2.36. The van der Waals surface area contributed by atoms with Crippen LogP contribution in [0, 0.1) is 11.3 Å². The Bertz CT molecular complexity index is 325. The van der Waals surface area contributed by atoms with E-state index in [9.17, 15) is 8.42 Å². The first-order valence-electron chi connectivity index (χ1n) is 5.86. The van der Waals surface area contributed by atoms with Crippen LogP contribution >= 0.6 is 23.2 Å². The summed E-state index contributed by atoms with van der Waals surface area (Å²) in [6.07, 6.45) is 0.525. The molecular formula is C12H24Cl2O2S. The van der Waals surface area contributed by atoms with E-state index < -0.39 is 14.6 Å². The lowest BCUT2D eigenvalue weighted by molar-refractivity contribution is 0.251. The van der Waals surface area contributed by atoms with Gasteiger partial charge in [0.15, 0.2) is 9.84 Å². The van der Waals surface area contributed by atoms with Crippen molar-refractivity contribution in [1.29, 1.82) is 0 Å². The van der Waals surface area contributed by atoms with Gasteiger partial charge in [-0.3, -0.25) is 0 Å². The smallest absolute Gasteiger partial charge is 0.155 e. The lowest BCUT2D eigenvalue weighted by atomic mass is 9.78. The van der Waals surface area contributed by atoms with Crippen LogP contribution < -0.4 is 0 Å². The van der Waals surface area contributed by atoms with Gasteiger partial charge in [-0.1, -0.05) is 13.8 Å². The summed E-state index contributed by atoms with van der Waals surface area (Å²) < 4.78 is 23.4. The minimum absolute atomic E-state index is 0.147. The third-order valence-corrected chi connectivity index (χ3v) is 7.23. The largest absolute Gasteiger partial charge is 0.228 e. The Hall–Kier alpha value is 0.530. The van der Waals surface area contributed by atoms with E-state index in [-0.39, 0.29) is 17.1 Å². The van der Waals surface area contributed by atoms with Crippen LogP contribution in [0.4, 0.5) is 0 Å². The van der Waals surface area contributed by atoms with E-state index in [1.165, 1.54) is 0 Å². The standard InChI is InChI=1S/C12H24Cl2O2S/c1-10(2)12(8-13,9-14)6-7-17(15,16)11(3,4)5/h10H,6-9H2,1-5H3. The highest BCUT2D eigenvalue weighted by atomic mass is 35.5. The summed E-state index contributed by atoms with van der Waals surface area (Å²) >= 11 is 12.0. The van der Waals surface area contributed by atoms with Gasteiger partial charge in [-0.15, -0.1) is 23.2 Å². The van der Waals surface area contributed by atoms with Crippen molar-refractivity contribution in [3.63, 3.8) is 0 Å². The van der Waals surface area contributed by atoms with E-state index in [2.05, 4.69) is 0 Å². The quantitative estimate of drug-likeness (QED) is 0.701. The van der Waals surface area contributed by atoms with Gasteiger partial charge >= 0.3 is 0 Å². The third-order valence-electron chi connectivity index (χ3n) is 3.56. The minimum Gasteiger partial charge on any atom is -0.228 e. The van der Waals surface area contributed by atoms with Crippen LogP contribution in [0.1, 0.15) is 41.0 Å². The Balaban J connectivity index is 4.87. The molecule has 0 aromatic carbocycles. The molecule has 0 amide bonds. The summed E-state index contributed by atoms with van der Waals surface area (Å²) in [7, 11) is -3.10. The average Bonchev–Trinajstić information content (AvgIpc) is 2.17. The molecule has 0 aromatic heterocycles. The first-order chi connectivity index (χ1) is 7.52. The molecule has 0 atom stereocenters. The van der Waals surface area contributed by atoms with Crippen molar-refractivity contribution >= 4 is 33.0 Å². The maximum Gasteiger partial charge on any atom is 0.155 e. The molecule has 2 nitrogen and oxygen atoms in total. The zero-order chi connectivity index (χ0) is 13.9. The monoisotopic (exact) mass is 302 g/mol. The number of halogens is 2. The highest BCUT2D eigenvalue weighted by molar-refractivity contribution is 7.92. The molecule has 0 aliphatic rings. The van der Waals surface area contributed by atoms with Gasteiger partial charge in [-0.25, -0.2) is 8.42 Å². The maximum absolute atomic E-state index is 12.1. The van der Waals surface area contributed by atoms with Crippen molar-refractivity contribution < 1.29 is 8.42 Å². The number of sulfone groups is 1. The molecule has 0 saturated heterocycles. The molecule has 104 valence electrons. The van der Waals surface area contributed by atoms with E-state index in [1.807, 2.05) is 13.8 Å². The van der Waals surface area contributed by atoms with E-state index in [1.54, 1.807) is 20.8 Å². The van der Waals surface area contributed by atoms with E-state index >= 15 is 0 Å². The summed E-state index contributed by atoms with van der Waals surface area (Å²) in [5, 5.41) is 0. The summed E-state index contributed by atoms with van der Waals surface area (Å²) in [5.41, 5.74) is -0.290. The molecule has 0 heterocycles. The Labute approximate surface area is 116 Å². The predicted octanol–water partition coefficient (Wildman–Crippen LogP) is 3.71. The fourth-order valence-corrected chi connectivity index (χ4v) is 3.87. The Morgan fingerprint density at radius 2 is 1.47 bits per heavy atom. The van der Waals surface area contributed by atoms with Crippen LogP contribution in [-0.4, -0.2) is 30.7 Å². The van der Waals surface area contributed by atoms with Gasteiger partial charge in [0.25, 0.3) is 0 Å². The van der Waals surface area contributed by atoms with Gasteiger partial charge in [0.1, 0.15) is 0 Å². The van der Waals surface area contributed by atoms with Gasteiger partial charge in [0.05, 0.1) is 10.5 Å². The number of hydrogen-bond acceptors (Lipinski definition) is 2. The van der Waals surface area contributed by atoms with Gasteiger partial charge in [0, 0.05) is 17.2 Å². The Kier molecular flexibility index (Phi) is 6.31. The molecule has 0 radical (unpaired) electrons. The molecule has 0 aliphatic heterocycles. The van der Waals surface area contributed by atoms with Gasteiger partial charge in [-0.2, -0.15) is 0 Å². The van der Waals surface area contributed by atoms with Crippen molar-refractivity contribution in [2.45, 2.75) is 45.8 Å². The van der Waals surface area contributed by atoms with E-state index in [4.69, 9.17) is 23.2 Å². The van der Waals surface area contributed by atoms with Crippen LogP contribution in [0.3, 0.4) is 0 Å². The SMILES string of the molecule is CC(C)C(CCl)(CCl)CCS(=O)(=O)C(C)(C)C. The third kappa shape index (κ3) is 4.29. The second-order valence-corrected chi connectivity index (χ2v) is 9.36. The van der Waals surface area contributed by atoms with Gasteiger partial charge in [0.2, 0.25) is 0 Å². The first kappa shape index (κ1) is 17.5. The molecule has 0 unspecified atom stereocenters. The first-order valence-corrected chi connectivity index (χ1v) is 8.59. The molecule has 0 N–H and O–H groups in total. The molecule has 17 heavy (non-hydrogen) atoms. The zero-order valence-corrected chi connectivity index (χ0v) is 13.7. The normalized spacial score (nSPS) is 14.4. The topological polar surface area (TPSA) is 34.1 Å². The second-order valence-electron chi connectivity index (χ2n) is 5.97. The molecule has 0 saturated carbocycles. The molecule has 0 aromatic rings. The fraction of sp³-hybridized carbons (Fsp3) is 1.00. The van der Waals surface area contributed by atoms with E-state index in [0.717, 1.165) is 0 Å². The van der Waals surface area contributed by atoms with Crippen molar-refractivity contribution in [2.24, 2.45) is 11.3 Å². The minimum atomic E-state index is -3.10. The summed E-state index contributed by atoms with van der Waals surface area (Å²) in [6, 6.07) is 0. The Morgan fingerprint density at radius 3 is 1.71 bits per heavy atom. The van der Waals surface area contributed by atoms with Crippen LogP contribution in [0.15, 0.2) is 0 Å². The van der Waals surface area contributed by atoms with Crippen molar-refractivity contribution in [3.8, 4) is 0 Å². The average molecular weight is 303 g/mol. The zero-order valence-electron chi connectivity index (χ0n) is 11.4. The van der Waals surface area contributed by atoms with Crippen LogP contribution in [0.5, 0.6) is 0 Å². The molecule has 0 bridgehead atoms. The van der Waals surface area contributed by atoms with Gasteiger partial charge in [-0.05, 0) is 33.1 Å². The molecule has 0 rings (SSSR count). The molecule has 0 aliphatic carbocycles. The molecular weight excluding hydrogens is 279 g/mol. The van der Waals surface area contributed by atoms with Crippen LogP contribution in [0.25, 0.3) is 0 Å². The Morgan fingerprint density at radius 1 is 1.06 bits per heavy atom. The summed E-state index contributed by atoms with van der Waals surface area (Å²) in [6.45, 7) is 9.24. The molecule has 0 spiro atoms. The maximum atomic E-state index is 12.1. The van der Waals surface area contributed by atoms with Crippen LogP contribution in [0.2, 0.25) is 0 Å². The van der Waals surface area contributed by atoms with Crippen molar-refractivity contribution in [2.75, 3.05) is 17.5 Å². The van der Waals surface area contributed by atoms with E-state index in [0.29, 0.717) is 18.2 Å². The second kappa shape index (κ2) is 6.12. The number of rotatable bonds is 6. The van der Waals surface area contributed by atoms with Crippen molar-refractivity contribution in [1.82, 2.24) is 0 Å². The summed E-state index contributed by atoms with van der Waals surface area (Å²) in [5.74, 6) is 1.21. The highest BCUT2D eigenvalue weighted by Gasteiger charge is 2.36. The van der Waals surface area contributed by atoms with Crippen LogP contribution in [-0.2, 0) is 9.84 Å². The predicted molar refractivity (Wildman–Crippen MR) is 76.9 cm³/mol. The molecule has 0 fully saturated rings. The summed E-state index contributed by atoms with van der Waals surface area (Å²) in [4.78, 5) is 0. The number of alkyl halides is 2. The number of hydrogen-bond donors (Lipinski definition) is 0.